The van der Waals surface area contributed by atoms with Crippen molar-refractivity contribution >= 4 is 33.6 Å². The number of carbonyl (C=O) groups excluding carboxylic acids is 2. The summed E-state index contributed by atoms with van der Waals surface area (Å²) in [6.07, 6.45) is 3.70. The van der Waals surface area contributed by atoms with E-state index >= 15 is 0 Å². The van der Waals surface area contributed by atoms with E-state index in [1.54, 1.807) is 30.6 Å². The fourth-order valence-corrected chi connectivity index (χ4v) is 3.95. The molecular formula is C27H25N5O2. The molecule has 0 bridgehead atoms. The van der Waals surface area contributed by atoms with E-state index in [1.165, 1.54) is 0 Å². The summed E-state index contributed by atoms with van der Waals surface area (Å²) in [6, 6.07) is 21.9. The minimum atomic E-state index is -0.840. The van der Waals surface area contributed by atoms with E-state index in [9.17, 15) is 9.59 Å². The molecule has 0 radical (unpaired) electrons. The van der Waals surface area contributed by atoms with Gasteiger partial charge in [-0.1, -0.05) is 49.9 Å². The number of fused-ring (bicyclic) bond motifs is 2. The number of aromatic amines is 1. The molecule has 3 aromatic carbocycles. The van der Waals surface area contributed by atoms with Gasteiger partial charge >= 0.3 is 0 Å². The van der Waals surface area contributed by atoms with Crippen LogP contribution in [0.5, 0.6) is 0 Å². The summed E-state index contributed by atoms with van der Waals surface area (Å²) in [6.45, 7) is 0. The van der Waals surface area contributed by atoms with Gasteiger partial charge in [0.2, 0.25) is 5.91 Å². The van der Waals surface area contributed by atoms with Crippen molar-refractivity contribution in [1.29, 1.82) is 0 Å². The number of benzene rings is 3. The number of rotatable bonds is 6. The number of nitrogens with two attached hydrogens (primary N) is 1. The van der Waals surface area contributed by atoms with Crippen LogP contribution in [0.1, 0.15) is 23.3 Å². The second-order valence-corrected chi connectivity index (χ2v) is 7.82. The van der Waals surface area contributed by atoms with Crippen LogP contribution in [0.3, 0.4) is 0 Å². The largest absolute Gasteiger partial charge is 0.368 e. The van der Waals surface area contributed by atoms with E-state index in [0.29, 0.717) is 17.8 Å². The average Bonchev–Trinajstić information content (AvgIpc) is 3.28. The third-order valence-electron chi connectivity index (χ3n) is 5.65. The van der Waals surface area contributed by atoms with Gasteiger partial charge < -0.3 is 16.0 Å². The molecule has 2 heterocycles. The Labute approximate surface area is 197 Å². The lowest BCUT2D eigenvalue weighted by molar-refractivity contribution is -0.119. The molecule has 1 atom stereocenters. The van der Waals surface area contributed by atoms with Gasteiger partial charge in [0.05, 0.1) is 11.0 Å². The summed E-state index contributed by atoms with van der Waals surface area (Å²) < 4.78 is 0. The maximum atomic E-state index is 13.0. The minimum absolute atomic E-state index is 0. The predicted octanol–water partition coefficient (Wildman–Crippen LogP) is 4.24. The second-order valence-electron chi connectivity index (χ2n) is 7.82. The smallest absolute Gasteiger partial charge is 0.252 e. The van der Waals surface area contributed by atoms with Gasteiger partial charge in [0.15, 0.2) is 0 Å². The van der Waals surface area contributed by atoms with Crippen molar-refractivity contribution in [2.24, 2.45) is 5.73 Å². The van der Waals surface area contributed by atoms with Gasteiger partial charge in [-0.15, -0.1) is 0 Å². The van der Waals surface area contributed by atoms with Crippen molar-refractivity contribution in [1.82, 2.24) is 20.3 Å². The van der Waals surface area contributed by atoms with Gasteiger partial charge in [-0.2, -0.15) is 0 Å². The van der Waals surface area contributed by atoms with Gasteiger partial charge in [0, 0.05) is 29.9 Å². The third kappa shape index (κ3) is 4.49. The summed E-state index contributed by atoms with van der Waals surface area (Å²) in [5.41, 5.74) is 9.36. The molecule has 5 rings (SSSR count). The molecule has 4 N–H and O–H groups in total. The molecule has 5 aromatic rings. The van der Waals surface area contributed by atoms with Crippen LogP contribution in [0, 0.1) is 0 Å². The van der Waals surface area contributed by atoms with Gasteiger partial charge in [-0.05, 0) is 46.7 Å². The zero-order chi connectivity index (χ0) is 22.8. The summed E-state index contributed by atoms with van der Waals surface area (Å²) in [4.78, 5) is 37.0. The average molecular weight is 452 g/mol. The highest BCUT2D eigenvalue weighted by Gasteiger charge is 2.21. The molecule has 0 spiro atoms. The number of nitrogens with one attached hydrogen (secondary N) is 2. The first-order valence-electron chi connectivity index (χ1n) is 10.6. The predicted molar refractivity (Wildman–Crippen MR) is 134 cm³/mol. The number of aromatic nitrogens is 3. The van der Waals surface area contributed by atoms with Crippen LogP contribution in [0.15, 0.2) is 85.2 Å². The number of primary amides is 1. The zero-order valence-corrected chi connectivity index (χ0v) is 17.7. The quantitative estimate of drug-likeness (QED) is 0.358. The molecule has 0 aliphatic carbocycles. The van der Waals surface area contributed by atoms with Crippen LogP contribution in [0.25, 0.3) is 33.2 Å². The first-order valence-corrected chi connectivity index (χ1v) is 10.6. The van der Waals surface area contributed by atoms with Crippen LogP contribution >= 0.6 is 0 Å². The number of hydrogen-bond donors (Lipinski definition) is 3. The lowest BCUT2D eigenvalue weighted by Gasteiger charge is -2.17. The molecule has 0 aliphatic heterocycles. The van der Waals surface area contributed by atoms with Crippen molar-refractivity contribution in [3.05, 3.63) is 96.3 Å². The van der Waals surface area contributed by atoms with Crippen LogP contribution < -0.4 is 11.1 Å². The highest BCUT2D eigenvalue weighted by Crippen LogP contribution is 2.22. The number of nitrogens with zero attached hydrogens (tertiary/aromatic N) is 2. The molecular weight excluding hydrogens is 426 g/mol. The summed E-state index contributed by atoms with van der Waals surface area (Å²) in [5, 5.41) is 4.89. The van der Waals surface area contributed by atoms with Crippen LogP contribution in [0.4, 0.5) is 0 Å². The Balaban J connectivity index is 0.00000274. The van der Waals surface area contributed by atoms with E-state index in [4.69, 9.17) is 5.73 Å². The SMILES string of the molecule is C.NC(=O)[C@H](Cc1cccc2ccccc12)NC(=O)c1ccc2nc(-c3ccncc3)[nH]c2c1. The monoisotopic (exact) mass is 451 g/mol. The van der Waals surface area contributed by atoms with E-state index in [1.807, 2.05) is 54.6 Å². The van der Waals surface area contributed by atoms with Crippen molar-refractivity contribution in [2.75, 3.05) is 0 Å². The maximum absolute atomic E-state index is 13.0. The van der Waals surface area contributed by atoms with E-state index in [0.717, 1.165) is 32.9 Å². The molecule has 0 fully saturated rings. The molecule has 0 aliphatic rings. The highest BCUT2D eigenvalue weighted by atomic mass is 16.2. The molecule has 2 aromatic heterocycles. The molecule has 34 heavy (non-hydrogen) atoms. The Morgan fingerprint density at radius 2 is 1.74 bits per heavy atom. The standard InChI is InChI=1S/C26H21N5O2.CH4/c27-24(32)23(14-18-6-3-5-16-4-1-2-7-20(16)18)31-26(33)19-8-9-21-22(15-19)30-25(29-21)17-10-12-28-13-11-17;/h1-13,15,23H,14H2,(H2,27,32)(H,29,30)(H,31,33);1H4/t23-;/m0./s1. The number of hydrogen-bond acceptors (Lipinski definition) is 4. The highest BCUT2D eigenvalue weighted by molar-refractivity contribution is 6.00. The molecule has 0 saturated carbocycles. The Kier molecular flexibility index (Phi) is 6.36. The molecule has 7 nitrogen and oxygen atoms in total. The van der Waals surface area contributed by atoms with Crippen molar-refractivity contribution < 1.29 is 9.59 Å². The lowest BCUT2D eigenvalue weighted by atomic mass is 9.98. The van der Waals surface area contributed by atoms with Crippen molar-refractivity contribution in [3.63, 3.8) is 0 Å². The van der Waals surface area contributed by atoms with Gasteiger partial charge in [0.25, 0.3) is 5.91 Å². The lowest BCUT2D eigenvalue weighted by Crippen LogP contribution is -2.45. The molecule has 0 unspecified atom stereocenters. The van der Waals surface area contributed by atoms with E-state index in [-0.39, 0.29) is 13.3 Å². The Bertz CT molecular complexity index is 1470. The fraction of sp³-hybridized carbons (Fsp3) is 0.111. The van der Waals surface area contributed by atoms with Gasteiger partial charge in [-0.25, -0.2) is 4.98 Å². The van der Waals surface area contributed by atoms with Crippen LogP contribution in [0.2, 0.25) is 0 Å². The first kappa shape index (κ1) is 22.7. The van der Waals surface area contributed by atoms with E-state index < -0.39 is 11.9 Å². The zero-order valence-electron chi connectivity index (χ0n) is 17.7. The molecule has 0 saturated heterocycles. The number of amides is 2. The number of imidazole rings is 1. The van der Waals surface area contributed by atoms with Crippen LogP contribution in [-0.4, -0.2) is 32.8 Å². The third-order valence-corrected chi connectivity index (χ3v) is 5.65. The fourth-order valence-electron chi connectivity index (χ4n) is 3.95. The van der Waals surface area contributed by atoms with E-state index in [2.05, 4.69) is 20.3 Å². The number of carbonyl (C=O) groups is 2. The number of pyridine rings is 1. The maximum Gasteiger partial charge on any atom is 0.252 e. The summed E-state index contributed by atoms with van der Waals surface area (Å²) in [7, 11) is 0. The summed E-state index contributed by atoms with van der Waals surface area (Å²) >= 11 is 0. The Morgan fingerprint density at radius 3 is 2.53 bits per heavy atom. The summed E-state index contributed by atoms with van der Waals surface area (Å²) in [5.74, 6) is -0.268. The molecule has 170 valence electrons. The van der Waals surface area contributed by atoms with Crippen LogP contribution in [-0.2, 0) is 11.2 Å². The second kappa shape index (κ2) is 9.54. The Hall–Kier alpha value is -4.52. The molecule has 2 amide bonds. The minimum Gasteiger partial charge on any atom is -0.368 e. The normalized spacial score (nSPS) is 11.6. The molecule has 7 heteroatoms. The van der Waals surface area contributed by atoms with Crippen molar-refractivity contribution in [2.45, 2.75) is 19.9 Å². The Morgan fingerprint density at radius 1 is 0.971 bits per heavy atom. The van der Waals surface area contributed by atoms with Gasteiger partial charge in [-0.3, -0.25) is 14.6 Å². The topological polar surface area (TPSA) is 114 Å². The van der Waals surface area contributed by atoms with Gasteiger partial charge in [0.1, 0.15) is 11.9 Å². The number of H-pyrrole nitrogens is 1. The van der Waals surface area contributed by atoms with Crippen molar-refractivity contribution in [3.8, 4) is 11.4 Å². The first-order chi connectivity index (χ1) is 16.1.